The number of hydrogen-bond donors (Lipinski definition) is 1. The van der Waals surface area contributed by atoms with E-state index >= 15 is 0 Å². The summed E-state index contributed by atoms with van der Waals surface area (Å²) in [6, 6.07) is 14.4. The molecule has 0 bridgehead atoms. The number of fused-ring (bicyclic) bond motifs is 3. The van der Waals surface area contributed by atoms with E-state index in [1.54, 1.807) is 12.1 Å². The van der Waals surface area contributed by atoms with Gasteiger partial charge in [0.05, 0.1) is 15.1 Å². The molecule has 156 valence electrons. The Morgan fingerprint density at radius 1 is 1.03 bits per heavy atom. The van der Waals surface area contributed by atoms with Gasteiger partial charge in [0.15, 0.2) is 11.5 Å². The van der Waals surface area contributed by atoms with E-state index in [1.165, 1.54) is 28.0 Å². The molecule has 7 nitrogen and oxygen atoms in total. The van der Waals surface area contributed by atoms with Gasteiger partial charge in [-0.1, -0.05) is 27.2 Å². The number of nitrogens with one attached hydrogen (secondary N) is 1. The van der Waals surface area contributed by atoms with E-state index in [4.69, 9.17) is 0 Å². The molecule has 5 rings (SSSR count). The van der Waals surface area contributed by atoms with Crippen LogP contribution in [0.3, 0.4) is 0 Å². The average Bonchev–Trinajstić information content (AvgIpc) is 3.34. The predicted molar refractivity (Wildman–Crippen MR) is 125 cm³/mol. The molecule has 0 saturated heterocycles. The Bertz CT molecular complexity index is 1540. The molecule has 3 heterocycles. The van der Waals surface area contributed by atoms with E-state index in [-0.39, 0.29) is 15.6 Å². The van der Waals surface area contributed by atoms with Crippen molar-refractivity contribution in [1.29, 1.82) is 0 Å². The summed E-state index contributed by atoms with van der Waals surface area (Å²) >= 11 is 4.83. The van der Waals surface area contributed by atoms with Crippen molar-refractivity contribution in [2.45, 2.75) is 23.8 Å². The predicted octanol–water partition coefficient (Wildman–Crippen LogP) is 5.29. The van der Waals surface area contributed by atoms with E-state index in [1.807, 2.05) is 37.4 Å². The highest BCUT2D eigenvalue weighted by Gasteiger charge is 2.27. The van der Waals surface area contributed by atoms with E-state index < -0.39 is 9.84 Å². The van der Waals surface area contributed by atoms with E-state index in [0.717, 1.165) is 31.5 Å². The Morgan fingerprint density at radius 2 is 1.74 bits per heavy atom. The van der Waals surface area contributed by atoms with Gasteiger partial charge in [0.1, 0.15) is 0 Å². The number of hydrogen-bond acceptors (Lipinski definition) is 7. The lowest BCUT2D eigenvalue weighted by molar-refractivity contribution is 0.592. The molecule has 0 aliphatic heterocycles. The minimum atomic E-state index is -3.90. The number of aromatic nitrogens is 4. The first-order valence-electron chi connectivity index (χ1n) is 9.31. The van der Waals surface area contributed by atoms with Crippen LogP contribution in [0.4, 0.5) is 11.5 Å². The molecule has 0 radical (unpaired) electrons. The molecule has 10 heteroatoms. The van der Waals surface area contributed by atoms with Crippen molar-refractivity contribution in [3.63, 3.8) is 0 Å². The number of anilines is 2. The van der Waals surface area contributed by atoms with E-state index in [0.29, 0.717) is 5.82 Å². The Hall–Kier alpha value is -2.82. The molecule has 0 spiro atoms. The number of nitrogens with zero attached hydrogens (tertiary/aromatic N) is 4. The molecule has 0 fully saturated rings. The molecular formula is C21H16BrN5O2S2. The van der Waals surface area contributed by atoms with Crippen LogP contribution in [0.15, 0.2) is 68.3 Å². The highest BCUT2D eigenvalue weighted by atomic mass is 79.9. The maximum atomic E-state index is 13.3. The second-order valence-corrected chi connectivity index (χ2v) is 10.9. The summed E-state index contributed by atoms with van der Waals surface area (Å²) in [6.07, 6.45) is 0. The third kappa shape index (κ3) is 3.50. The summed E-state index contributed by atoms with van der Waals surface area (Å²) in [7, 11) is -3.90. The van der Waals surface area contributed by atoms with Gasteiger partial charge < -0.3 is 5.32 Å². The van der Waals surface area contributed by atoms with Gasteiger partial charge in [0.2, 0.25) is 14.9 Å². The summed E-state index contributed by atoms with van der Waals surface area (Å²) in [4.78, 5) is 4.78. The standard InChI is InChI=1S/C21H16BrN5O2S2/c1-12-9-13(2)11-15(10-12)23-19-18-17(7-8-30-18)27-20(24-19)21(25-26-27)31(28,29)16-5-3-14(22)4-6-16/h3-11H,1-2H3,(H,23,24). The lowest BCUT2D eigenvalue weighted by atomic mass is 10.1. The monoisotopic (exact) mass is 513 g/mol. The zero-order chi connectivity index (χ0) is 21.8. The fourth-order valence-electron chi connectivity index (χ4n) is 3.49. The molecular weight excluding hydrogens is 498 g/mol. The number of rotatable bonds is 4. The second-order valence-electron chi connectivity index (χ2n) is 7.18. The number of halogens is 1. The summed E-state index contributed by atoms with van der Waals surface area (Å²) in [6.45, 7) is 4.05. The van der Waals surface area contributed by atoms with Crippen LogP contribution in [-0.4, -0.2) is 28.2 Å². The fraction of sp³-hybridized carbons (Fsp3) is 0.0952. The van der Waals surface area contributed by atoms with Crippen LogP contribution < -0.4 is 5.32 Å². The van der Waals surface area contributed by atoms with Gasteiger partial charge in [-0.15, -0.1) is 16.4 Å². The molecule has 0 amide bonds. The molecule has 0 aliphatic carbocycles. The molecule has 31 heavy (non-hydrogen) atoms. The van der Waals surface area contributed by atoms with Gasteiger partial charge in [-0.3, -0.25) is 0 Å². The van der Waals surface area contributed by atoms with Gasteiger partial charge in [-0.25, -0.2) is 13.4 Å². The SMILES string of the molecule is Cc1cc(C)cc(Nc2nc3c(S(=O)(=O)c4ccc(Br)cc4)nnn3c3ccsc23)c1. The zero-order valence-corrected chi connectivity index (χ0v) is 19.7. The molecule has 3 aromatic heterocycles. The number of thiophene rings is 1. The second kappa shape index (κ2) is 7.40. The zero-order valence-electron chi connectivity index (χ0n) is 16.5. The number of aryl methyl sites for hydroxylation is 2. The van der Waals surface area contributed by atoms with Crippen molar-refractivity contribution in [2.24, 2.45) is 0 Å². The maximum Gasteiger partial charge on any atom is 0.229 e. The van der Waals surface area contributed by atoms with E-state index in [2.05, 4.69) is 42.6 Å². The quantitative estimate of drug-likeness (QED) is 0.351. The summed E-state index contributed by atoms with van der Waals surface area (Å²) in [5.41, 5.74) is 4.05. The van der Waals surface area contributed by atoms with Crippen molar-refractivity contribution >= 4 is 64.5 Å². The highest BCUT2D eigenvalue weighted by molar-refractivity contribution is 9.10. The minimum Gasteiger partial charge on any atom is -0.339 e. The Labute approximate surface area is 190 Å². The van der Waals surface area contributed by atoms with Crippen LogP contribution in [-0.2, 0) is 9.84 Å². The van der Waals surface area contributed by atoms with Gasteiger partial charge in [0.25, 0.3) is 0 Å². The number of benzene rings is 2. The molecule has 0 unspecified atom stereocenters. The van der Waals surface area contributed by atoms with Crippen molar-refractivity contribution in [3.8, 4) is 0 Å². The van der Waals surface area contributed by atoms with Crippen molar-refractivity contribution < 1.29 is 8.42 Å². The largest absolute Gasteiger partial charge is 0.339 e. The first kappa shape index (κ1) is 20.1. The van der Waals surface area contributed by atoms with Crippen molar-refractivity contribution in [3.05, 3.63) is 69.5 Å². The van der Waals surface area contributed by atoms with Gasteiger partial charge >= 0.3 is 0 Å². The summed E-state index contributed by atoms with van der Waals surface area (Å²) < 4.78 is 29.7. The highest BCUT2D eigenvalue weighted by Crippen LogP contribution is 2.33. The van der Waals surface area contributed by atoms with Crippen LogP contribution in [0.25, 0.3) is 15.9 Å². The van der Waals surface area contributed by atoms with Crippen LogP contribution >= 0.6 is 27.3 Å². The Morgan fingerprint density at radius 3 is 2.45 bits per heavy atom. The topological polar surface area (TPSA) is 89.2 Å². The molecule has 0 saturated carbocycles. The third-order valence-electron chi connectivity index (χ3n) is 4.79. The van der Waals surface area contributed by atoms with Crippen molar-refractivity contribution in [2.75, 3.05) is 5.32 Å². The third-order valence-corrected chi connectivity index (χ3v) is 7.89. The van der Waals surface area contributed by atoms with Crippen molar-refractivity contribution in [1.82, 2.24) is 19.8 Å². The average molecular weight is 514 g/mol. The summed E-state index contributed by atoms with van der Waals surface area (Å²) in [5.74, 6) is 0.567. The molecule has 2 aromatic carbocycles. The van der Waals surface area contributed by atoms with Crippen LogP contribution in [0.2, 0.25) is 0 Å². The minimum absolute atomic E-state index is 0.133. The van der Waals surface area contributed by atoms with Gasteiger partial charge in [-0.2, -0.15) is 4.52 Å². The van der Waals surface area contributed by atoms with Gasteiger partial charge in [-0.05, 0) is 72.8 Å². The van der Waals surface area contributed by atoms with E-state index in [9.17, 15) is 8.42 Å². The lowest BCUT2D eigenvalue weighted by Crippen LogP contribution is -2.05. The van der Waals surface area contributed by atoms with Crippen LogP contribution in [0.5, 0.6) is 0 Å². The van der Waals surface area contributed by atoms with Gasteiger partial charge in [0, 0.05) is 10.2 Å². The smallest absolute Gasteiger partial charge is 0.229 e. The maximum absolute atomic E-state index is 13.3. The Kier molecular flexibility index (Phi) is 4.80. The molecule has 0 atom stereocenters. The normalized spacial score (nSPS) is 12.0. The molecule has 0 aliphatic rings. The number of sulfone groups is 1. The summed E-state index contributed by atoms with van der Waals surface area (Å²) in [5, 5.41) is 13.2. The fourth-order valence-corrected chi connectivity index (χ4v) is 5.81. The molecule has 1 N–H and O–H groups in total. The lowest BCUT2D eigenvalue weighted by Gasteiger charge is -2.10. The first-order chi connectivity index (χ1) is 14.8. The first-order valence-corrected chi connectivity index (χ1v) is 12.5. The molecule has 5 aromatic rings. The van der Waals surface area contributed by atoms with Crippen LogP contribution in [0.1, 0.15) is 11.1 Å². The Balaban J connectivity index is 1.71. The van der Waals surface area contributed by atoms with Crippen LogP contribution in [0, 0.1) is 13.8 Å².